The van der Waals surface area contributed by atoms with Crippen molar-refractivity contribution in [3.63, 3.8) is 0 Å². The molecule has 104 valence electrons. The van der Waals surface area contributed by atoms with E-state index in [0.29, 0.717) is 10.8 Å². The standard InChI is InChI=1S/C14H21N3S2/c1-3-15-12(14(2)5-4-7-19-14)9-11-10-17-6-8-18-13(17)16-11/h6,8,10,12,15H,3-5,7,9H2,1-2H3. The van der Waals surface area contributed by atoms with E-state index in [9.17, 15) is 0 Å². The van der Waals surface area contributed by atoms with Crippen molar-refractivity contribution in [2.45, 2.75) is 43.9 Å². The monoisotopic (exact) mass is 295 g/mol. The van der Waals surface area contributed by atoms with Gasteiger partial charge in [-0.2, -0.15) is 11.8 Å². The second-order valence-electron chi connectivity index (χ2n) is 5.40. The fourth-order valence-electron chi connectivity index (χ4n) is 2.91. The largest absolute Gasteiger partial charge is 0.312 e. The molecule has 2 atom stereocenters. The Hall–Kier alpha value is -0.520. The van der Waals surface area contributed by atoms with Crippen LogP contribution in [0.15, 0.2) is 17.8 Å². The number of rotatable bonds is 5. The van der Waals surface area contributed by atoms with Gasteiger partial charge in [-0.05, 0) is 32.1 Å². The molecule has 5 heteroatoms. The maximum Gasteiger partial charge on any atom is 0.193 e. The molecule has 0 bridgehead atoms. The third-order valence-corrected chi connectivity index (χ3v) is 6.40. The summed E-state index contributed by atoms with van der Waals surface area (Å²) in [5, 5.41) is 5.77. The summed E-state index contributed by atoms with van der Waals surface area (Å²) in [6, 6.07) is 0.523. The lowest BCUT2D eigenvalue weighted by atomic mass is 9.92. The molecular weight excluding hydrogens is 274 g/mol. The van der Waals surface area contributed by atoms with Gasteiger partial charge in [0, 0.05) is 35.0 Å². The first kappa shape index (κ1) is 13.5. The van der Waals surface area contributed by atoms with Gasteiger partial charge in [0.05, 0.1) is 5.69 Å². The van der Waals surface area contributed by atoms with Crippen LogP contribution in [-0.2, 0) is 6.42 Å². The summed E-state index contributed by atoms with van der Waals surface area (Å²) in [4.78, 5) is 5.84. The molecule has 0 aliphatic carbocycles. The van der Waals surface area contributed by atoms with Crippen molar-refractivity contribution in [3.8, 4) is 0 Å². The van der Waals surface area contributed by atoms with Gasteiger partial charge < -0.3 is 5.32 Å². The number of nitrogens with zero attached hydrogens (tertiary/aromatic N) is 2. The van der Waals surface area contributed by atoms with E-state index in [1.165, 1.54) is 24.3 Å². The number of thiazole rings is 1. The Labute approximate surface area is 122 Å². The van der Waals surface area contributed by atoms with Gasteiger partial charge in [0.1, 0.15) is 0 Å². The van der Waals surface area contributed by atoms with E-state index in [1.54, 1.807) is 11.3 Å². The average Bonchev–Trinajstić information content (AvgIpc) is 3.04. The van der Waals surface area contributed by atoms with Gasteiger partial charge in [0.2, 0.25) is 0 Å². The second-order valence-corrected chi connectivity index (χ2v) is 7.91. The van der Waals surface area contributed by atoms with E-state index in [0.717, 1.165) is 17.9 Å². The van der Waals surface area contributed by atoms with E-state index < -0.39 is 0 Å². The van der Waals surface area contributed by atoms with Crippen LogP contribution in [0.3, 0.4) is 0 Å². The summed E-state index contributed by atoms with van der Waals surface area (Å²) in [7, 11) is 0. The lowest BCUT2D eigenvalue weighted by Crippen LogP contribution is -2.46. The molecule has 3 rings (SSSR count). The molecule has 3 heterocycles. The van der Waals surface area contributed by atoms with Crippen molar-refractivity contribution >= 4 is 28.1 Å². The van der Waals surface area contributed by atoms with E-state index in [4.69, 9.17) is 4.98 Å². The van der Waals surface area contributed by atoms with Gasteiger partial charge in [-0.1, -0.05) is 6.92 Å². The van der Waals surface area contributed by atoms with E-state index in [1.807, 2.05) is 0 Å². The molecular formula is C14H21N3S2. The van der Waals surface area contributed by atoms with E-state index in [-0.39, 0.29) is 0 Å². The van der Waals surface area contributed by atoms with Crippen LogP contribution in [0, 0.1) is 0 Å². The lowest BCUT2D eigenvalue weighted by Gasteiger charge is -2.33. The summed E-state index contributed by atoms with van der Waals surface area (Å²) >= 11 is 3.83. The van der Waals surface area contributed by atoms with Crippen LogP contribution < -0.4 is 5.32 Å². The highest BCUT2D eigenvalue weighted by Gasteiger charge is 2.37. The van der Waals surface area contributed by atoms with Crippen LogP contribution in [-0.4, -0.2) is 32.5 Å². The quantitative estimate of drug-likeness (QED) is 0.918. The predicted octanol–water partition coefficient (Wildman–Crippen LogP) is 3.20. The minimum Gasteiger partial charge on any atom is -0.312 e. The van der Waals surface area contributed by atoms with Crippen molar-refractivity contribution < 1.29 is 0 Å². The minimum atomic E-state index is 0.368. The van der Waals surface area contributed by atoms with Gasteiger partial charge in [-0.15, -0.1) is 11.3 Å². The predicted molar refractivity (Wildman–Crippen MR) is 84.3 cm³/mol. The van der Waals surface area contributed by atoms with E-state index in [2.05, 4.69) is 53.1 Å². The molecule has 3 nitrogen and oxygen atoms in total. The Morgan fingerprint density at radius 2 is 2.47 bits per heavy atom. The van der Waals surface area contributed by atoms with Gasteiger partial charge >= 0.3 is 0 Å². The van der Waals surface area contributed by atoms with Crippen LogP contribution in [0.2, 0.25) is 0 Å². The highest BCUT2D eigenvalue weighted by molar-refractivity contribution is 8.00. The Bertz CT molecular complexity index is 511. The van der Waals surface area contributed by atoms with Gasteiger partial charge in [-0.3, -0.25) is 4.40 Å². The number of nitrogens with one attached hydrogen (secondary N) is 1. The molecule has 19 heavy (non-hydrogen) atoms. The Morgan fingerprint density at radius 3 is 3.16 bits per heavy atom. The number of hydrogen-bond acceptors (Lipinski definition) is 4. The normalized spacial score (nSPS) is 25.2. The Kier molecular flexibility index (Phi) is 3.87. The molecule has 0 saturated carbocycles. The van der Waals surface area contributed by atoms with Gasteiger partial charge in [0.25, 0.3) is 0 Å². The molecule has 1 aliphatic heterocycles. The molecule has 0 aromatic carbocycles. The zero-order valence-corrected chi connectivity index (χ0v) is 13.2. The molecule has 1 aliphatic rings. The van der Waals surface area contributed by atoms with Gasteiger partial charge in [0.15, 0.2) is 4.96 Å². The van der Waals surface area contributed by atoms with Crippen LogP contribution in [0.25, 0.3) is 4.96 Å². The molecule has 1 N–H and O–H groups in total. The smallest absolute Gasteiger partial charge is 0.193 e. The fraction of sp³-hybridized carbons (Fsp3) is 0.643. The maximum absolute atomic E-state index is 4.73. The SMILES string of the molecule is CCNC(Cc1cn2ccsc2n1)C1(C)CCCS1. The fourth-order valence-corrected chi connectivity index (χ4v) is 5.04. The second kappa shape index (κ2) is 5.46. The van der Waals surface area contributed by atoms with Crippen LogP contribution >= 0.6 is 23.1 Å². The van der Waals surface area contributed by atoms with Crippen LogP contribution in [0.5, 0.6) is 0 Å². The molecule has 0 radical (unpaired) electrons. The Morgan fingerprint density at radius 1 is 1.58 bits per heavy atom. The molecule has 1 fully saturated rings. The lowest BCUT2D eigenvalue weighted by molar-refractivity contribution is 0.404. The molecule has 2 unspecified atom stereocenters. The van der Waals surface area contributed by atoms with E-state index >= 15 is 0 Å². The first-order chi connectivity index (χ1) is 9.21. The first-order valence-corrected chi connectivity index (χ1v) is 8.86. The molecule has 0 spiro atoms. The van der Waals surface area contributed by atoms with Crippen molar-refractivity contribution in [1.82, 2.24) is 14.7 Å². The average molecular weight is 295 g/mol. The highest BCUT2D eigenvalue weighted by atomic mass is 32.2. The number of imidazole rings is 1. The number of aromatic nitrogens is 2. The zero-order chi connectivity index (χ0) is 13.3. The Balaban J connectivity index is 1.78. The van der Waals surface area contributed by atoms with Crippen molar-refractivity contribution in [3.05, 3.63) is 23.5 Å². The topological polar surface area (TPSA) is 29.3 Å². The summed E-state index contributed by atoms with van der Waals surface area (Å²) in [5.74, 6) is 1.30. The van der Waals surface area contributed by atoms with Crippen LogP contribution in [0.4, 0.5) is 0 Å². The number of thioether (sulfide) groups is 1. The molecule has 0 amide bonds. The van der Waals surface area contributed by atoms with Crippen LogP contribution in [0.1, 0.15) is 32.4 Å². The van der Waals surface area contributed by atoms with Gasteiger partial charge in [-0.25, -0.2) is 4.98 Å². The minimum absolute atomic E-state index is 0.368. The summed E-state index contributed by atoms with van der Waals surface area (Å²) < 4.78 is 2.50. The van der Waals surface area contributed by atoms with Crippen molar-refractivity contribution in [1.29, 1.82) is 0 Å². The molecule has 2 aromatic heterocycles. The number of hydrogen-bond donors (Lipinski definition) is 1. The summed E-state index contributed by atoms with van der Waals surface area (Å²) in [6.45, 7) is 5.64. The maximum atomic E-state index is 4.73. The first-order valence-electron chi connectivity index (χ1n) is 7.00. The third kappa shape index (κ3) is 2.69. The molecule has 1 saturated heterocycles. The highest BCUT2D eigenvalue weighted by Crippen LogP contribution is 2.41. The third-order valence-electron chi connectivity index (χ3n) is 3.99. The number of likely N-dealkylation sites (N-methyl/N-ethyl adjacent to an activating group) is 1. The molecule has 2 aromatic rings. The van der Waals surface area contributed by atoms with Crippen molar-refractivity contribution in [2.75, 3.05) is 12.3 Å². The van der Waals surface area contributed by atoms with Crippen molar-refractivity contribution in [2.24, 2.45) is 0 Å². The zero-order valence-electron chi connectivity index (χ0n) is 11.6. The summed E-state index contributed by atoms with van der Waals surface area (Å²) in [5.41, 5.74) is 1.21. The number of fused-ring (bicyclic) bond motifs is 1. The summed E-state index contributed by atoms with van der Waals surface area (Å²) in [6.07, 6.45) is 7.97.